The summed E-state index contributed by atoms with van der Waals surface area (Å²) in [5.41, 5.74) is 4.37. The molecule has 2 heterocycles. The molecule has 0 bridgehead atoms. The molecule has 0 fully saturated rings. The summed E-state index contributed by atoms with van der Waals surface area (Å²) in [6.45, 7) is 3.83. The average Bonchev–Trinajstić information content (AvgIpc) is 3.19. The zero-order valence-electron chi connectivity index (χ0n) is 20.2. The number of hydrogen-bond acceptors (Lipinski definition) is 5. The molecule has 1 unspecified atom stereocenters. The second-order valence-electron chi connectivity index (χ2n) is 8.59. The predicted molar refractivity (Wildman–Crippen MR) is 143 cm³/mol. The van der Waals surface area contributed by atoms with Gasteiger partial charge in [-0.1, -0.05) is 71.5 Å². The van der Waals surface area contributed by atoms with Gasteiger partial charge in [-0.05, 0) is 55.3 Å². The van der Waals surface area contributed by atoms with Crippen molar-refractivity contribution in [1.82, 2.24) is 4.57 Å². The van der Waals surface area contributed by atoms with Crippen molar-refractivity contribution in [3.05, 3.63) is 127 Å². The molecule has 36 heavy (non-hydrogen) atoms. The first-order chi connectivity index (χ1) is 17.4. The third-order valence-electron chi connectivity index (χ3n) is 6.10. The first-order valence-corrected chi connectivity index (χ1v) is 12.4. The number of benzene rings is 3. The van der Waals surface area contributed by atoms with Crippen LogP contribution in [0.5, 0.6) is 5.75 Å². The van der Waals surface area contributed by atoms with Gasteiger partial charge in [0.05, 0.1) is 29.0 Å². The lowest BCUT2D eigenvalue weighted by Crippen LogP contribution is -2.40. The van der Waals surface area contributed by atoms with Gasteiger partial charge in [0.2, 0.25) is 0 Å². The van der Waals surface area contributed by atoms with Crippen molar-refractivity contribution in [2.45, 2.75) is 19.9 Å². The first kappa shape index (κ1) is 23.5. The monoisotopic (exact) mass is 495 g/mol. The molecule has 4 aromatic rings. The van der Waals surface area contributed by atoms with Crippen LogP contribution in [0.15, 0.2) is 99.9 Å². The maximum Gasteiger partial charge on any atom is 0.271 e. The average molecular weight is 496 g/mol. The van der Waals surface area contributed by atoms with Crippen LogP contribution in [0, 0.1) is 6.92 Å². The van der Waals surface area contributed by atoms with E-state index in [1.807, 2.05) is 98.8 Å². The predicted octanol–water partition coefficient (Wildman–Crippen LogP) is 4.19. The Morgan fingerprint density at radius 2 is 1.69 bits per heavy atom. The lowest BCUT2D eigenvalue weighted by Gasteiger charge is -2.25. The van der Waals surface area contributed by atoms with Gasteiger partial charge >= 0.3 is 0 Å². The van der Waals surface area contributed by atoms with E-state index in [0.29, 0.717) is 26.3 Å². The Labute approximate surface area is 212 Å². The van der Waals surface area contributed by atoms with Crippen LogP contribution in [0.3, 0.4) is 0 Å². The number of rotatable bonds is 5. The summed E-state index contributed by atoms with van der Waals surface area (Å²) in [4.78, 5) is 32.5. The van der Waals surface area contributed by atoms with Gasteiger partial charge in [-0.15, -0.1) is 0 Å². The summed E-state index contributed by atoms with van der Waals surface area (Å²) < 4.78 is 7.42. The minimum absolute atomic E-state index is 0.183. The third kappa shape index (κ3) is 4.53. The smallest absolute Gasteiger partial charge is 0.271 e. The summed E-state index contributed by atoms with van der Waals surface area (Å²) >= 11 is 1.32. The number of aryl methyl sites for hydroxylation is 1. The van der Waals surface area contributed by atoms with Gasteiger partial charge in [-0.3, -0.25) is 14.2 Å². The molecule has 1 N–H and O–H groups in total. The van der Waals surface area contributed by atoms with Crippen LogP contribution in [-0.4, -0.2) is 17.6 Å². The van der Waals surface area contributed by atoms with E-state index in [1.54, 1.807) is 11.7 Å². The minimum atomic E-state index is -0.594. The van der Waals surface area contributed by atoms with Gasteiger partial charge in [-0.25, -0.2) is 4.99 Å². The zero-order chi connectivity index (χ0) is 25.2. The fourth-order valence-electron chi connectivity index (χ4n) is 4.25. The number of nitrogens with one attached hydrogen (secondary N) is 1. The number of nitrogens with zero attached hydrogens (tertiary/aromatic N) is 2. The molecule has 1 aliphatic heterocycles. The Kier molecular flexibility index (Phi) is 6.40. The molecule has 0 aliphatic carbocycles. The van der Waals surface area contributed by atoms with E-state index in [4.69, 9.17) is 9.73 Å². The van der Waals surface area contributed by atoms with Crippen LogP contribution < -0.4 is 24.9 Å². The number of amides is 1. The number of allylic oxidation sites excluding steroid dienone is 1. The lowest BCUT2D eigenvalue weighted by molar-refractivity contribution is -0.113. The molecular weight excluding hydrogens is 470 g/mol. The standard InChI is InChI=1S/C29H25N3O3S/c1-18-9-13-21(14-10-18)26-25(27(33)31-22-7-5-4-6-8-22)19(2)30-29-32(26)28(34)24(36-29)17-20-11-15-23(35-3)16-12-20/h4-17,26H,1-3H3,(H,31,33)/b24-17-. The van der Waals surface area contributed by atoms with Crippen molar-refractivity contribution in [2.75, 3.05) is 12.4 Å². The first-order valence-electron chi connectivity index (χ1n) is 11.5. The summed E-state index contributed by atoms with van der Waals surface area (Å²) in [7, 11) is 1.62. The Hall–Kier alpha value is -4.23. The number of hydrogen-bond donors (Lipinski definition) is 1. The Bertz CT molecular complexity index is 1630. The van der Waals surface area contributed by atoms with Crippen molar-refractivity contribution in [3.8, 4) is 5.75 Å². The van der Waals surface area contributed by atoms with E-state index in [9.17, 15) is 9.59 Å². The maximum atomic E-state index is 13.7. The van der Waals surface area contributed by atoms with Crippen LogP contribution >= 0.6 is 11.3 Å². The Balaban J connectivity index is 1.65. The second-order valence-corrected chi connectivity index (χ2v) is 9.59. The Morgan fingerprint density at radius 3 is 2.36 bits per heavy atom. The summed E-state index contributed by atoms with van der Waals surface area (Å²) in [5, 5.41) is 2.97. The van der Waals surface area contributed by atoms with Crippen LogP contribution in [0.2, 0.25) is 0 Å². The minimum Gasteiger partial charge on any atom is -0.497 e. The third-order valence-corrected chi connectivity index (χ3v) is 7.09. The molecule has 180 valence electrons. The molecule has 1 atom stereocenters. The van der Waals surface area contributed by atoms with Crippen molar-refractivity contribution < 1.29 is 9.53 Å². The van der Waals surface area contributed by atoms with E-state index in [2.05, 4.69) is 5.32 Å². The van der Waals surface area contributed by atoms with Gasteiger partial charge in [0.1, 0.15) is 5.75 Å². The van der Waals surface area contributed by atoms with E-state index in [1.165, 1.54) is 11.3 Å². The van der Waals surface area contributed by atoms with Crippen molar-refractivity contribution >= 4 is 29.0 Å². The Morgan fingerprint density at radius 1 is 1.00 bits per heavy atom. The highest BCUT2D eigenvalue weighted by atomic mass is 32.1. The molecule has 5 rings (SSSR count). The maximum absolute atomic E-state index is 13.7. The molecule has 6 nitrogen and oxygen atoms in total. The molecule has 7 heteroatoms. The molecule has 0 spiro atoms. The normalized spacial score (nSPS) is 15.3. The van der Waals surface area contributed by atoms with Crippen molar-refractivity contribution in [3.63, 3.8) is 0 Å². The van der Waals surface area contributed by atoms with Crippen molar-refractivity contribution in [1.29, 1.82) is 0 Å². The lowest BCUT2D eigenvalue weighted by atomic mass is 9.94. The number of carbonyl (C=O) groups excluding carboxylic acids is 1. The van der Waals surface area contributed by atoms with Gasteiger partial charge in [-0.2, -0.15) is 0 Å². The SMILES string of the molecule is COc1ccc(/C=c2\sc3n(c2=O)C(c2ccc(C)cc2)C(C(=O)Nc2ccccc2)=C(C)N=3)cc1. The van der Waals surface area contributed by atoms with Crippen LogP contribution in [0.25, 0.3) is 6.08 Å². The number of carbonyl (C=O) groups is 1. The highest BCUT2D eigenvalue weighted by Gasteiger charge is 2.32. The molecule has 1 aliphatic rings. The van der Waals surface area contributed by atoms with E-state index >= 15 is 0 Å². The number of para-hydroxylation sites is 1. The number of methoxy groups -OCH3 is 1. The number of aromatic nitrogens is 1. The quantitative estimate of drug-likeness (QED) is 0.451. The van der Waals surface area contributed by atoms with Gasteiger partial charge < -0.3 is 10.1 Å². The summed E-state index contributed by atoms with van der Waals surface area (Å²) in [6.07, 6.45) is 1.85. The fourth-order valence-corrected chi connectivity index (χ4v) is 5.29. The molecule has 0 radical (unpaired) electrons. The summed E-state index contributed by atoms with van der Waals surface area (Å²) in [5.74, 6) is 0.468. The molecule has 0 saturated heterocycles. The topological polar surface area (TPSA) is 72.7 Å². The van der Waals surface area contributed by atoms with E-state index in [-0.39, 0.29) is 11.5 Å². The highest BCUT2D eigenvalue weighted by Crippen LogP contribution is 2.31. The second kappa shape index (κ2) is 9.79. The van der Waals surface area contributed by atoms with Crippen LogP contribution in [0.4, 0.5) is 5.69 Å². The van der Waals surface area contributed by atoms with Crippen molar-refractivity contribution in [2.24, 2.45) is 4.99 Å². The summed E-state index contributed by atoms with van der Waals surface area (Å²) in [6, 6.07) is 24.1. The van der Waals surface area contributed by atoms with Crippen LogP contribution in [-0.2, 0) is 4.79 Å². The number of anilines is 1. The zero-order valence-corrected chi connectivity index (χ0v) is 21.0. The van der Waals surface area contributed by atoms with Gasteiger partial charge in [0, 0.05) is 5.69 Å². The molecule has 3 aromatic carbocycles. The van der Waals surface area contributed by atoms with Gasteiger partial charge in [0.15, 0.2) is 4.80 Å². The number of thiazole rings is 1. The fraction of sp³-hybridized carbons (Fsp3) is 0.138. The number of ether oxygens (including phenoxy) is 1. The molecule has 1 amide bonds. The largest absolute Gasteiger partial charge is 0.497 e. The van der Waals surface area contributed by atoms with E-state index < -0.39 is 6.04 Å². The van der Waals surface area contributed by atoms with Crippen LogP contribution in [0.1, 0.15) is 29.7 Å². The molecular formula is C29H25N3O3S. The molecule has 0 saturated carbocycles. The number of fused-ring (bicyclic) bond motifs is 1. The highest BCUT2D eigenvalue weighted by molar-refractivity contribution is 7.07. The van der Waals surface area contributed by atoms with E-state index in [0.717, 1.165) is 22.4 Å². The van der Waals surface area contributed by atoms with Gasteiger partial charge in [0.25, 0.3) is 11.5 Å². The molecule has 1 aromatic heterocycles.